The molecule has 3 aliphatic heterocycles. The Kier molecular flexibility index (Phi) is 4.39. The van der Waals surface area contributed by atoms with Crippen LogP contribution in [0.4, 0.5) is 0 Å². The van der Waals surface area contributed by atoms with E-state index in [1.165, 1.54) is 11.1 Å². The maximum absolute atomic E-state index is 6.05. The molecular weight excluding hydrogens is 308 g/mol. The number of fused-ring (bicyclic) bond motifs is 1. The van der Waals surface area contributed by atoms with Gasteiger partial charge >= 0.3 is 0 Å². The zero-order valence-electron chi connectivity index (χ0n) is 13.0. The van der Waals surface area contributed by atoms with E-state index < -0.39 is 0 Å². The average molecular weight is 328 g/mol. The minimum absolute atomic E-state index is 0.279. The molecule has 0 N–H and O–H groups in total. The van der Waals surface area contributed by atoms with E-state index in [4.69, 9.17) is 9.47 Å². The van der Waals surface area contributed by atoms with Gasteiger partial charge in [-0.15, -0.1) is 0 Å². The molecule has 4 nitrogen and oxygen atoms in total. The van der Waals surface area contributed by atoms with E-state index in [2.05, 4.69) is 51.9 Å². The van der Waals surface area contributed by atoms with Crippen molar-refractivity contribution in [2.45, 2.75) is 18.9 Å². The summed E-state index contributed by atoms with van der Waals surface area (Å²) in [4.78, 5) is 2.22. The van der Waals surface area contributed by atoms with Crippen molar-refractivity contribution in [2.75, 3.05) is 25.5 Å². The Balaban J connectivity index is 1.50. The number of rotatable bonds is 3. The van der Waals surface area contributed by atoms with Crippen molar-refractivity contribution in [1.82, 2.24) is 4.90 Å². The Labute approximate surface area is 141 Å². The van der Waals surface area contributed by atoms with Gasteiger partial charge in [-0.2, -0.15) is 4.40 Å². The van der Waals surface area contributed by atoms with Crippen molar-refractivity contribution < 1.29 is 9.47 Å². The molecule has 0 spiro atoms. The van der Waals surface area contributed by atoms with E-state index in [1.54, 1.807) is 11.9 Å². The van der Waals surface area contributed by atoms with Crippen LogP contribution in [0, 0.1) is 0 Å². The van der Waals surface area contributed by atoms with Gasteiger partial charge in [0.15, 0.2) is 0 Å². The van der Waals surface area contributed by atoms with Gasteiger partial charge < -0.3 is 14.4 Å². The lowest BCUT2D eigenvalue weighted by molar-refractivity contribution is 0.0256. The monoisotopic (exact) mass is 328 g/mol. The molecule has 120 valence electrons. The third-order valence-corrected chi connectivity index (χ3v) is 4.92. The Morgan fingerprint density at radius 3 is 2.83 bits per heavy atom. The summed E-state index contributed by atoms with van der Waals surface area (Å²) in [7, 11) is 0. The third kappa shape index (κ3) is 3.31. The van der Waals surface area contributed by atoms with Crippen molar-refractivity contribution in [3.63, 3.8) is 0 Å². The molecule has 0 saturated carbocycles. The zero-order chi connectivity index (χ0) is 15.5. The number of nitrogens with zero attached hydrogens (tertiary/aromatic N) is 2. The Morgan fingerprint density at radius 2 is 2.00 bits per heavy atom. The van der Waals surface area contributed by atoms with Gasteiger partial charge in [-0.25, -0.2) is 0 Å². The topological polar surface area (TPSA) is 34.1 Å². The zero-order valence-corrected chi connectivity index (χ0v) is 13.8. The van der Waals surface area contributed by atoms with E-state index >= 15 is 0 Å². The van der Waals surface area contributed by atoms with Gasteiger partial charge in [-0.3, -0.25) is 0 Å². The molecular formula is C18H20N2O2S. The molecule has 0 aromatic heterocycles. The maximum Gasteiger partial charge on any atom is 0.148 e. The van der Waals surface area contributed by atoms with Gasteiger partial charge in [0.25, 0.3) is 0 Å². The second kappa shape index (κ2) is 6.81. The van der Waals surface area contributed by atoms with Crippen LogP contribution < -0.4 is 4.74 Å². The van der Waals surface area contributed by atoms with E-state index in [0.717, 1.165) is 49.9 Å². The third-order valence-electron chi connectivity index (χ3n) is 4.25. The van der Waals surface area contributed by atoms with Crippen molar-refractivity contribution >= 4 is 23.4 Å². The molecule has 0 amide bonds. The first-order valence-corrected chi connectivity index (χ1v) is 9.05. The van der Waals surface area contributed by atoms with E-state index in [0.29, 0.717) is 0 Å². The van der Waals surface area contributed by atoms with Gasteiger partial charge in [-0.1, -0.05) is 12.1 Å². The van der Waals surface area contributed by atoms with Crippen LogP contribution in [-0.4, -0.2) is 42.4 Å². The summed E-state index contributed by atoms with van der Waals surface area (Å²) in [5.74, 6) is 3.03. The Bertz CT molecular complexity index is 645. The first kappa shape index (κ1) is 14.8. The van der Waals surface area contributed by atoms with Crippen LogP contribution in [-0.2, 0) is 4.74 Å². The molecule has 4 rings (SSSR count). The molecule has 0 aliphatic carbocycles. The van der Waals surface area contributed by atoms with Crippen molar-refractivity contribution in [3.8, 4) is 5.75 Å². The minimum Gasteiger partial charge on any atom is -0.490 e. The molecule has 0 bridgehead atoms. The molecule has 1 saturated heterocycles. The Hall–Kier alpha value is -1.72. The number of ether oxygens (including phenoxy) is 2. The van der Waals surface area contributed by atoms with Crippen LogP contribution >= 0.6 is 11.9 Å². The van der Waals surface area contributed by atoms with E-state index in [9.17, 15) is 0 Å². The number of amidine groups is 1. The molecule has 0 radical (unpaired) electrons. The predicted octanol–water partition coefficient (Wildman–Crippen LogP) is 3.52. The van der Waals surface area contributed by atoms with Crippen molar-refractivity contribution in [2.24, 2.45) is 4.40 Å². The van der Waals surface area contributed by atoms with E-state index in [1.807, 2.05) is 0 Å². The molecule has 3 heterocycles. The molecule has 1 aromatic carbocycles. The lowest BCUT2D eigenvalue weighted by atomic mass is 10.0. The highest BCUT2D eigenvalue weighted by Gasteiger charge is 2.21. The fourth-order valence-electron chi connectivity index (χ4n) is 3.00. The summed E-state index contributed by atoms with van der Waals surface area (Å²) < 4.78 is 16.0. The highest BCUT2D eigenvalue weighted by Crippen LogP contribution is 2.28. The highest BCUT2D eigenvalue weighted by molar-refractivity contribution is 7.98. The average Bonchev–Trinajstić information content (AvgIpc) is 2.63. The number of benzene rings is 1. The number of allylic oxidation sites excluding steroid dienone is 2. The standard InChI is InChI=1S/C18H20N2O2S/c1-2-17(18-19-23-13-10-20(18)9-1)14-3-5-15(6-4-14)22-16-7-11-21-12-8-16/h1-6,9,16H,7-8,10-13H2. The van der Waals surface area contributed by atoms with Crippen LogP contribution in [0.2, 0.25) is 0 Å². The van der Waals surface area contributed by atoms with Crippen molar-refractivity contribution in [1.29, 1.82) is 0 Å². The molecule has 0 unspecified atom stereocenters. The van der Waals surface area contributed by atoms with Gasteiger partial charge in [0.2, 0.25) is 0 Å². The van der Waals surface area contributed by atoms with Gasteiger partial charge in [0.1, 0.15) is 17.7 Å². The minimum atomic E-state index is 0.279. The summed E-state index contributed by atoms with van der Waals surface area (Å²) in [6.45, 7) is 2.62. The summed E-state index contributed by atoms with van der Waals surface area (Å²) in [5, 5.41) is 0. The molecule has 5 heteroatoms. The smallest absolute Gasteiger partial charge is 0.148 e. The summed E-state index contributed by atoms with van der Waals surface area (Å²) >= 11 is 1.64. The van der Waals surface area contributed by atoms with Crippen LogP contribution in [0.3, 0.4) is 0 Å². The number of hydrogen-bond donors (Lipinski definition) is 0. The van der Waals surface area contributed by atoms with Gasteiger partial charge in [0.05, 0.1) is 13.2 Å². The quantitative estimate of drug-likeness (QED) is 0.795. The largest absolute Gasteiger partial charge is 0.490 e. The van der Waals surface area contributed by atoms with Crippen LogP contribution in [0.25, 0.3) is 5.57 Å². The molecule has 23 heavy (non-hydrogen) atoms. The summed E-state index contributed by atoms with van der Waals surface area (Å²) in [6.07, 6.45) is 8.55. The molecule has 3 aliphatic rings. The first-order chi connectivity index (χ1) is 11.4. The lowest BCUT2D eigenvalue weighted by Crippen LogP contribution is -2.32. The summed E-state index contributed by atoms with van der Waals surface area (Å²) in [5.41, 5.74) is 2.36. The lowest BCUT2D eigenvalue weighted by Gasteiger charge is -2.29. The van der Waals surface area contributed by atoms with Crippen LogP contribution in [0.15, 0.2) is 47.0 Å². The highest BCUT2D eigenvalue weighted by atomic mass is 32.2. The predicted molar refractivity (Wildman–Crippen MR) is 94.6 cm³/mol. The second-order valence-electron chi connectivity index (χ2n) is 5.82. The van der Waals surface area contributed by atoms with Gasteiger partial charge in [-0.05, 0) is 41.8 Å². The normalized spacial score (nSPS) is 21.5. The van der Waals surface area contributed by atoms with Gasteiger partial charge in [0, 0.05) is 36.9 Å². The molecule has 0 atom stereocenters. The molecule has 1 fully saturated rings. The number of hydrogen-bond acceptors (Lipinski definition) is 5. The first-order valence-electron chi connectivity index (χ1n) is 8.10. The molecule has 1 aromatic rings. The fraction of sp³-hybridized carbons (Fsp3) is 0.389. The van der Waals surface area contributed by atoms with Crippen molar-refractivity contribution in [3.05, 3.63) is 48.2 Å². The Morgan fingerprint density at radius 1 is 1.17 bits per heavy atom. The second-order valence-corrected chi connectivity index (χ2v) is 6.67. The maximum atomic E-state index is 6.05. The van der Waals surface area contributed by atoms with Crippen LogP contribution in [0.5, 0.6) is 5.75 Å². The van der Waals surface area contributed by atoms with Crippen LogP contribution in [0.1, 0.15) is 18.4 Å². The summed E-state index contributed by atoms with van der Waals surface area (Å²) in [6, 6.07) is 8.37. The fourth-order valence-corrected chi connectivity index (χ4v) is 3.69. The van der Waals surface area contributed by atoms with E-state index in [-0.39, 0.29) is 6.10 Å². The SMILES string of the molecule is C1=CN2CCSN=C2C(c2ccc(OC3CCOCC3)cc2)=C1.